The highest BCUT2D eigenvalue weighted by atomic mass is 16.5. The van der Waals surface area contributed by atoms with Crippen LogP contribution in [0.4, 0.5) is 5.69 Å². The van der Waals surface area contributed by atoms with Crippen molar-refractivity contribution in [1.82, 2.24) is 4.90 Å². The number of rotatable bonds is 5. The molecule has 3 rings (SSSR count). The molecule has 0 saturated carbocycles. The van der Waals surface area contributed by atoms with Gasteiger partial charge in [-0.15, -0.1) is 0 Å². The number of hydrogen-bond donors (Lipinski definition) is 1. The quantitative estimate of drug-likeness (QED) is 0.802. The Balaban J connectivity index is 1.61. The fourth-order valence-electron chi connectivity index (χ4n) is 3.03. The van der Waals surface area contributed by atoms with Crippen molar-refractivity contribution in [2.75, 3.05) is 31.6 Å². The van der Waals surface area contributed by atoms with Gasteiger partial charge in [0.15, 0.2) is 0 Å². The van der Waals surface area contributed by atoms with E-state index < -0.39 is 0 Å². The monoisotopic (exact) mass is 378 g/mol. The number of carbonyl (C=O) groups is 2. The van der Waals surface area contributed by atoms with Crippen molar-refractivity contribution in [3.05, 3.63) is 71.3 Å². The summed E-state index contributed by atoms with van der Waals surface area (Å²) in [6.45, 7) is 6.60. The van der Waals surface area contributed by atoms with Crippen LogP contribution in [0.3, 0.4) is 0 Å². The first-order chi connectivity index (χ1) is 13.5. The lowest BCUT2D eigenvalue weighted by atomic mass is 10.0. The van der Waals surface area contributed by atoms with Gasteiger partial charge >= 0.3 is 0 Å². The second-order valence-corrected chi connectivity index (χ2v) is 7.13. The average Bonchev–Trinajstić information content (AvgIpc) is 2.73. The van der Waals surface area contributed by atoms with Gasteiger partial charge in [0.2, 0.25) is 5.91 Å². The molecule has 0 spiro atoms. The Bertz CT molecular complexity index is 850. The number of hydrogen-bond acceptors (Lipinski definition) is 3. The predicted octanol–water partition coefficient (Wildman–Crippen LogP) is 3.93. The molecule has 5 heteroatoms. The maximum Gasteiger partial charge on any atom is 0.254 e. The Labute approximate surface area is 166 Å². The van der Waals surface area contributed by atoms with E-state index in [1.807, 2.05) is 12.1 Å². The van der Waals surface area contributed by atoms with E-state index in [-0.39, 0.29) is 11.8 Å². The first-order valence-electron chi connectivity index (χ1n) is 9.59. The zero-order chi connectivity index (χ0) is 19.9. The van der Waals surface area contributed by atoms with Gasteiger partial charge in [0.05, 0.1) is 13.2 Å². The molecular weight excluding hydrogens is 352 g/mol. The van der Waals surface area contributed by atoms with Crippen molar-refractivity contribution in [3.8, 4) is 0 Å². The van der Waals surface area contributed by atoms with Crippen LogP contribution in [0.1, 0.15) is 41.3 Å². The molecule has 0 bridgehead atoms. The van der Waals surface area contributed by atoms with Crippen LogP contribution in [0.15, 0.2) is 54.6 Å². The van der Waals surface area contributed by atoms with E-state index in [1.165, 1.54) is 11.6 Å². The molecule has 146 valence electrons. The third-order valence-corrected chi connectivity index (χ3v) is 4.71. The Hall–Kier alpha value is -2.92. The summed E-state index contributed by atoms with van der Waals surface area (Å²) in [6, 6.07) is 15.2. The highest BCUT2D eigenvalue weighted by Crippen LogP contribution is 2.16. The van der Waals surface area contributed by atoms with Crippen LogP contribution in [-0.4, -0.2) is 43.0 Å². The number of ether oxygens (including phenoxy) is 1. The number of amides is 2. The van der Waals surface area contributed by atoms with Gasteiger partial charge in [0.1, 0.15) is 0 Å². The van der Waals surface area contributed by atoms with Gasteiger partial charge in [-0.3, -0.25) is 9.59 Å². The molecule has 28 heavy (non-hydrogen) atoms. The topological polar surface area (TPSA) is 58.6 Å². The first kappa shape index (κ1) is 19.8. The van der Waals surface area contributed by atoms with Crippen molar-refractivity contribution in [2.45, 2.75) is 19.8 Å². The molecule has 0 aromatic heterocycles. The molecule has 2 amide bonds. The van der Waals surface area contributed by atoms with Crippen molar-refractivity contribution in [1.29, 1.82) is 0 Å². The Morgan fingerprint density at radius 3 is 2.46 bits per heavy atom. The molecule has 1 N–H and O–H groups in total. The van der Waals surface area contributed by atoms with Crippen molar-refractivity contribution in [3.63, 3.8) is 0 Å². The third-order valence-electron chi connectivity index (χ3n) is 4.71. The maximum atomic E-state index is 12.6. The molecule has 5 nitrogen and oxygen atoms in total. The Morgan fingerprint density at radius 2 is 1.79 bits per heavy atom. The number of benzene rings is 2. The van der Waals surface area contributed by atoms with Gasteiger partial charge in [0, 0.05) is 30.4 Å². The highest BCUT2D eigenvalue weighted by molar-refractivity contribution is 6.03. The summed E-state index contributed by atoms with van der Waals surface area (Å²) in [4.78, 5) is 26.6. The van der Waals surface area contributed by atoms with Crippen LogP contribution in [0.5, 0.6) is 0 Å². The minimum Gasteiger partial charge on any atom is -0.378 e. The van der Waals surface area contributed by atoms with Gasteiger partial charge in [-0.2, -0.15) is 0 Å². The zero-order valence-corrected chi connectivity index (χ0v) is 16.4. The second-order valence-electron chi connectivity index (χ2n) is 7.13. The van der Waals surface area contributed by atoms with E-state index in [2.05, 4.69) is 31.3 Å². The molecule has 1 aliphatic rings. The third kappa shape index (κ3) is 5.30. The highest BCUT2D eigenvalue weighted by Gasteiger charge is 2.18. The Kier molecular flexibility index (Phi) is 6.61. The summed E-state index contributed by atoms with van der Waals surface area (Å²) < 4.78 is 5.29. The molecule has 0 aliphatic carbocycles. The van der Waals surface area contributed by atoms with Crippen LogP contribution in [0.25, 0.3) is 6.08 Å². The molecule has 2 aromatic carbocycles. The van der Waals surface area contributed by atoms with E-state index in [0.717, 1.165) is 5.56 Å². The largest absolute Gasteiger partial charge is 0.378 e. The van der Waals surface area contributed by atoms with Gasteiger partial charge in [-0.1, -0.05) is 44.2 Å². The van der Waals surface area contributed by atoms with Crippen LogP contribution in [0, 0.1) is 0 Å². The number of nitrogens with zero attached hydrogens (tertiary/aromatic N) is 1. The van der Waals surface area contributed by atoms with Crippen LogP contribution < -0.4 is 5.32 Å². The van der Waals surface area contributed by atoms with Gasteiger partial charge in [-0.25, -0.2) is 0 Å². The fraction of sp³-hybridized carbons (Fsp3) is 0.304. The molecule has 0 atom stereocenters. The molecule has 0 unspecified atom stereocenters. The summed E-state index contributed by atoms with van der Waals surface area (Å²) in [7, 11) is 0. The number of carbonyl (C=O) groups excluding carboxylic acids is 2. The average molecular weight is 378 g/mol. The summed E-state index contributed by atoms with van der Waals surface area (Å²) in [5, 5.41) is 2.82. The zero-order valence-electron chi connectivity index (χ0n) is 16.4. The van der Waals surface area contributed by atoms with Crippen molar-refractivity contribution in [2.24, 2.45) is 0 Å². The fourth-order valence-corrected chi connectivity index (χ4v) is 3.03. The SMILES string of the molecule is CC(C)c1ccc(/C=C/C(=O)Nc2cccc(C(=O)N3CCOCC3)c2)cc1. The van der Waals surface area contributed by atoms with Crippen LogP contribution in [-0.2, 0) is 9.53 Å². The van der Waals surface area contributed by atoms with Gasteiger partial charge < -0.3 is 15.0 Å². The summed E-state index contributed by atoms with van der Waals surface area (Å²) in [5.74, 6) is 0.206. The lowest BCUT2D eigenvalue weighted by molar-refractivity contribution is -0.111. The lowest BCUT2D eigenvalue weighted by Gasteiger charge is -2.27. The molecule has 1 aliphatic heterocycles. The van der Waals surface area contributed by atoms with E-state index in [0.29, 0.717) is 43.5 Å². The number of nitrogens with one attached hydrogen (secondary N) is 1. The maximum absolute atomic E-state index is 12.6. The Morgan fingerprint density at radius 1 is 1.07 bits per heavy atom. The van der Waals surface area contributed by atoms with Gasteiger partial charge in [-0.05, 0) is 41.3 Å². The number of anilines is 1. The van der Waals surface area contributed by atoms with Crippen molar-refractivity contribution >= 4 is 23.6 Å². The molecule has 2 aromatic rings. The normalized spacial score (nSPS) is 14.5. The summed E-state index contributed by atoms with van der Waals surface area (Å²) >= 11 is 0. The molecule has 1 heterocycles. The standard InChI is InChI=1S/C23H26N2O3/c1-17(2)19-9-6-18(7-10-19)8-11-22(26)24-21-5-3-4-20(16-21)23(27)25-12-14-28-15-13-25/h3-11,16-17H,12-15H2,1-2H3,(H,24,26)/b11-8+. The smallest absolute Gasteiger partial charge is 0.254 e. The van der Waals surface area contributed by atoms with E-state index in [9.17, 15) is 9.59 Å². The van der Waals surface area contributed by atoms with E-state index in [1.54, 1.807) is 35.2 Å². The lowest BCUT2D eigenvalue weighted by Crippen LogP contribution is -2.40. The molecule has 0 radical (unpaired) electrons. The molecular formula is C23H26N2O3. The first-order valence-corrected chi connectivity index (χ1v) is 9.59. The second kappa shape index (κ2) is 9.33. The minimum absolute atomic E-state index is 0.0415. The van der Waals surface area contributed by atoms with Crippen molar-refractivity contribution < 1.29 is 14.3 Å². The molecule has 1 fully saturated rings. The predicted molar refractivity (Wildman–Crippen MR) is 111 cm³/mol. The van der Waals surface area contributed by atoms with Crippen LogP contribution in [0.2, 0.25) is 0 Å². The minimum atomic E-state index is -0.232. The summed E-state index contributed by atoms with van der Waals surface area (Å²) in [5.41, 5.74) is 3.40. The number of morpholine rings is 1. The van der Waals surface area contributed by atoms with Crippen LogP contribution >= 0.6 is 0 Å². The summed E-state index contributed by atoms with van der Waals surface area (Å²) in [6.07, 6.45) is 3.28. The van der Waals surface area contributed by atoms with E-state index >= 15 is 0 Å². The molecule has 1 saturated heterocycles. The van der Waals surface area contributed by atoms with E-state index in [4.69, 9.17) is 4.74 Å². The van der Waals surface area contributed by atoms with Gasteiger partial charge in [0.25, 0.3) is 5.91 Å².